The van der Waals surface area contributed by atoms with E-state index in [0.717, 1.165) is 23.2 Å². The first kappa shape index (κ1) is 8.67. The molecule has 0 amide bonds. The Kier molecular flexibility index (Phi) is 1.70. The highest BCUT2D eigenvalue weighted by atomic mass is 16.3. The van der Waals surface area contributed by atoms with Crippen molar-refractivity contribution in [3.8, 4) is 0 Å². The molecule has 1 aromatic heterocycles. The van der Waals surface area contributed by atoms with E-state index >= 15 is 0 Å². The molecule has 1 atom stereocenters. The highest BCUT2D eigenvalue weighted by Crippen LogP contribution is 2.40. The Labute approximate surface area is 85.9 Å². The third-order valence-electron chi connectivity index (χ3n) is 2.62. The minimum Gasteiger partial charge on any atom is -0.396 e. The van der Waals surface area contributed by atoms with Gasteiger partial charge < -0.3 is 5.11 Å². The van der Waals surface area contributed by atoms with Gasteiger partial charge in [-0.05, 0) is 18.9 Å². The normalized spacial score (nSPS) is 26.9. The fourth-order valence-corrected chi connectivity index (χ4v) is 1.65. The van der Waals surface area contributed by atoms with Gasteiger partial charge in [-0.25, -0.2) is 20.0 Å². The molecular weight excluding hydrogens is 192 g/mol. The third-order valence-corrected chi connectivity index (χ3v) is 2.62. The lowest BCUT2D eigenvalue weighted by atomic mass is 10.4. The van der Waals surface area contributed by atoms with Gasteiger partial charge in [0.1, 0.15) is 11.2 Å². The molecule has 0 bridgehead atoms. The molecule has 1 aliphatic heterocycles. The molecule has 3 rings (SSSR count). The number of aliphatic hydroxyl groups excluding tert-OH is 1. The summed E-state index contributed by atoms with van der Waals surface area (Å²) in [5.74, 6) is 1.69. The fraction of sp³-hybridized carbons (Fsp3) is 0.400. The van der Waals surface area contributed by atoms with E-state index in [9.17, 15) is 0 Å². The van der Waals surface area contributed by atoms with Crippen LogP contribution in [0.5, 0.6) is 0 Å². The largest absolute Gasteiger partial charge is 0.396 e. The van der Waals surface area contributed by atoms with Crippen LogP contribution in [0.1, 0.15) is 12.2 Å². The molecule has 5 nitrogen and oxygen atoms in total. The van der Waals surface area contributed by atoms with Crippen LogP contribution in [0.15, 0.2) is 27.6 Å². The quantitative estimate of drug-likeness (QED) is 0.652. The van der Waals surface area contributed by atoms with E-state index < -0.39 is 0 Å². The average Bonchev–Trinajstić information content (AvgIpc) is 2.91. The maximum absolute atomic E-state index is 8.95. The molecule has 0 saturated heterocycles. The summed E-state index contributed by atoms with van der Waals surface area (Å²) in [5.41, 5.74) is 1.78. The lowest BCUT2D eigenvalue weighted by Gasteiger charge is -1.85. The zero-order valence-corrected chi connectivity index (χ0v) is 8.30. The average molecular weight is 202 g/mol. The molecule has 0 radical (unpaired) electrons. The number of aromatic nitrogens is 2. The van der Waals surface area contributed by atoms with E-state index in [-0.39, 0.29) is 12.5 Å². The van der Waals surface area contributed by atoms with Crippen LogP contribution in [-0.2, 0) is 0 Å². The molecule has 1 fully saturated rings. The van der Waals surface area contributed by atoms with Crippen molar-refractivity contribution in [3.63, 3.8) is 0 Å². The van der Waals surface area contributed by atoms with Crippen LogP contribution in [0.25, 0.3) is 0 Å². The number of nitrogens with zero attached hydrogens (tertiary/aromatic N) is 4. The highest BCUT2D eigenvalue weighted by Gasteiger charge is 2.33. The van der Waals surface area contributed by atoms with Gasteiger partial charge >= 0.3 is 0 Å². The molecular formula is C10H10N4O. The van der Waals surface area contributed by atoms with E-state index in [1.807, 2.05) is 6.92 Å². The van der Waals surface area contributed by atoms with E-state index in [4.69, 9.17) is 5.11 Å². The van der Waals surface area contributed by atoms with Crippen molar-refractivity contribution < 1.29 is 5.11 Å². The van der Waals surface area contributed by atoms with E-state index in [2.05, 4.69) is 20.0 Å². The monoisotopic (exact) mass is 202 g/mol. The minimum absolute atomic E-state index is 0.185. The number of fused-ring (bicyclic) bond motifs is 1. The Bertz CT molecular complexity index is 576. The first-order valence-electron chi connectivity index (χ1n) is 4.89. The molecule has 0 aromatic carbocycles. The first-order chi connectivity index (χ1) is 7.28. The van der Waals surface area contributed by atoms with Crippen molar-refractivity contribution in [2.75, 3.05) is 6.61 Å². The molecule has 5 heteroatoms. The lowest BCUT2D eigenvalue weighted by molar-refractivity contribution is 0.281. The Morgan fingerprint density at radius 1 is 1.47 bits per heavy atom. The second kappa shape index (κ2) is 2.93. The molecule has 2 heterocycles. The molecule has 2 aliphatic rings. The third kappa shape index (κ3) is 1.35. The molecule has 1 unspecified atom stereocenters. The van der Waals surface area contributed by atoms with Crippen molar-refractivity contribution in [1.82, 2.24) is 9.97 Å². The summed E-state index contributed by atoms with van der Waals surface area (Å²) < 4.78 is 0. The Morgan fingerprint density at radius 3 is 3.07 bits per heavy atom. The second-order valence-electron chi connectivity index (χ2n) is 3.78. The molecule has 15 heavy (non-hydrogen) atoms. The van der Waals surface area contributed by atoms with Crippen molar-refractivity contribution in [2.45, 2.75) is 13.3 Å². The molecule has 1 aromatic rings. The van der Waals surface area contributed by atoms with Gasteiger partial charge in [-0.1, -0.05) is 0 Å². The zero-order chi connectivity index (χ0) is 10.4. The summed E-state index contributed by atoms with van der Waals surface area (Å²) in [4.78, 5) is 16.9. The first-order valence-corrected chi connectivity index (χ1v) is 4.89. The second-order valence-corrected chi connectivity index (χ2v) is 3.78. The predicted molar refractivity (Wildman–Crippen MR) is 51.3 cm³/mol. The number of hydrogen-bond donors (Lipinski definition) is 1. The van der Waals surface area contributed by atoms with Crippen LogP contribution in [0.2, 0.25) is 0 Å². The van der Waals surface area contributed by atoms with Gasteiger partial charge in [0.2, 0.25) is 0 Å². The van der Waals surface area contributed by atoms with E-state index in [1.54, 1.807) is 6.20 Å². The van der Waals surface area contributed by atoms with Crippen LogP contribution in [0.4, 0.5) is 0 Å². The van der Waals surface area contributed by atoms with Crippen molar-refractivity contribution in [1.29, 1.82) is 0 Å². The number of hydrogen-bond acceptors (Lipinski definition) is 5. The maximum Gasteiger partial charge on any atom is 0.183 e. The fourth-order valence-electron chi connectivity index (χ4n) is 1.65. The number of aryl methyl sites for hydroxylation is 1. The van der Waals surface area contributed by atoms with Crippen molar-refractivity contribution in [3.05, 3.63) is 34.3 Å². The van der Waals surface area contributed by atoms with Crippen molar-refractivity contribution >= 4 is 0 Å². The molecule has 1 saturated carbocycles. The van der Waals surface area contributed by atoms with E-state index in [1.165, 1.54) is 0 Å². The van der Waals surface area contributed by atoms with Gasteiger partial charge in [0.25, 0.3) is 0 Å². The smallest absolute Gasteiger partial charge is 0.183 e. The minimum atomic E-state index is 0.185. The number of aliphatic hydroxyl groups is 1. The highest BCUT2D eigenvalue weighted by molar-refractivity contribution is 5.30. The van der Waals surface area contributed by atoms with Gasteiger partial charge in [0, 0.05) is 5.92 Å². The van der Waals surface area contributed by atoms with Gasteiger partial charge in [-0.3, -0.25) is 0 Å². The summed E-state index contributed by atoms with van der Waals surface area (Å²) in [6, 6.07) is 0. The lowest BCUT2D eigenvalue weighted by Crippen LogP contribution is -2.26. The van der Waals surface area contributed by atoms with Gasteiger partial charge in [-0.2, -0.15) is 0 Å². The standard InChI is InChI=1S/C10H10N4O/c1-5-11-3-8-10(12-5)14-9(13-8)7-2-6(7)4-15/h3,6,15H,2,4H2,1H3. The van der Waals surface area contributed by atoms with Crippen LogP contribution < -0.4 is 10.8 Å². The SMILES string of the molecule is Cc1ncc2c(n1)=NC(=C1CC1CO)N=2. The zero-order valence-electron chi connectivity index (χ0n) is 8.30. The summed E-state index contributed by atoms with van der Waals surface area (Å²) in [6.07, 6.45) is 2.59. The van der Waals surface area contributed by atoms with Crippen LogP contribution >= 0.6 is 0 Å². The molecule has 1 N–H and O–H groups in total. The maximum atomic E-state index is 8.95. The van der Waals surface area contributed by atoms with Gasteiger partial charge in [0.15, 0.2) is 11.3 Å². The van der Waals surface area contributed by atoms with Crippen LogP contribution in [-0.4, -0.2) is 21.7 Å². The topological polar surface area (TPSA) is 70.7 Å². The van der Waals surface area contributed by atoms with E-state index in [0.29, 0.717) is 11.3 Å². The summed E-state index contributed by atoms with van der Waals surface area (Å²) in [6.45, 7) is 2.01. The molecule has 1 aliphatic carbocycles. The summed E-state index contributed by atoms with van der Waals surface area (Å²) in [7, 11) is 0. The Hall–Kier alpha value is -1.62. The van der Waals surface area contributed by atoms with Gasteiger partial charge in [-0.15, -0.1) is 0 Å². The predicted octanol–water partition coefficient (Wildman–Crippen LogP) is -0.738. The molecule has 76 valence electrons. The van der Waals surface area contributed by atoms with Crippen molar-refractivity contribution in [2.24, 2.45) is 15.9 Å². The summed E-state index contributed by atoms with van der Waals surface area (Å²) in [5, 5.41) is 9.68. The number of rotatable bonds is 1. The van der Waals surface area contributed by atoms with Crippen LogP contribution in [0, 0.1) is 12.8 Å². The Balaban J connectivity index is 2.12. The van der Waals surface area contributed by atoms with Gasteiger partial charge in [0.05, 0.1) is 12.8 Å². The van der Waals surface area contributed by atoms with Crippen LogP contribution in [0.3, 0.4) is 0 Å². The Morgan fingerprint density at radius 2 is 2.33 bits per heavy atom. The summed E-state index contributed by atoms with van der Waals surface area (Å²) >= 11 is 0. The molecule has 0 spiro atoms.